The number of nitrogens with zero attached hydrogens (tertiary/aromatic N) is 1. The van der Waals surface area contributed by atoms with E-state index in [1.54, 1.807) is 0 Å². The lowest BCUT2D eigenvalue weighted by atomic mass is 10.00. The Kier molecular flexibility index (Phi) is 5.71. The van der Waals surface area contributed by atoms with Crippen molar-refractivity contribution < 1.29 is 25.2 Å². The van der Waals surface area contributed by atoms with Crippen LogP contribution in [-0.4, -0.2) is 72.2 Å². The number of hydrogen-bond acceptors (Lipinski definition) is 8. The Bertz CT molecular complexity index is 669. The summed E-state index contributed by atoms with van der Waals surface area (Å²) in [5.74, 6) is -0.333. The van der Waals surface area contributed by atoms with Gasteiger partial charge in [-0.25, -0.2) is 4.99 Å². The summed E-state index contributed by atoms with van der Waals surface area (Å²) >= 11 is 2.26. The minimum Gasteiger partial charge on any atom is -0.394 e. The van der Waals surface area contributed by atoms with Crippen molar-refractivity contribution >= 4 is 40.3 Å². The lowest BCUT2D eigenvalue weighted by Gasteiger charge is -2.44. The topological polar surface area (TPSA) is 122 Å². The van der Waals surface area contributed by atoms with Gasteiger partial charge in [0.25, 0.3) is 0 Å². The monoisotopic (exact) mass is 384 g/mol. The maximum Gasteiger partial charge on any atom is 0.240 e. The Hall–Kier alpha value is -1.10. The predicted molar refractivity (Wildman–Crippen MR) is 98.1 cm³/mol. The first-order chi connectivity index (χ1) is 11.9. The van der Waals surface area contributed by atoms with Crippen LogP contribution in [0.15, 0.2) is 29.3 Å². The second kappa shape index (κ2) is 7.65. The summed E-state index contributed by atoms with van der Waals surface area (Å²) in [4.78, 5) is 16.8. The summed E-state index contributed by atoms with van der Waals surface area (Å²) in [5, 5.41) is 40.6. The van der Waals surface area contributed by atoms with E-state index in [1.165, 1.54) is 11.8 Å². The number of aliphatic hydroxyl groups excluding tert-OH is 4. The first-order valence-electron chi connectivity index (χ1n) is 7.84. The third-order valence-electron chi connectivity index (χ3n) is 4.19. The maximum atomic E-state index is 12.4. The zero-order valence-corrected chi connectivity index (χ0v) is 15.1. The number of aliphatic hydroxyl groups is 4. The molecule has 5 N–H and O–H groups in total. The zero-order valence-electron chi connectivity index (χ0n) is 13.4. The standard InChI is InChI=1S/C16H20N2O5S2/c1-7-2-4-8(5-3-7)17-16-18-15(23)14-13(25-16)11(22)10(21)12(24-14)9(20)6-19/h2-5,9-14,19-22H,6H2,1H3,(H,17,18,23)/t9-,10-,11-,12+,13-,14+/m0/s1. The van der Waals surface area contributed by atoms with Crippen LogP contribution in [0.5, 0.6) is 0 Å². The summed E-state index contributed by atoms with van der Waals surface area (Å²) < 4.78 is 0. The molecule has 2 aliphatic rings. The predicted octanol–water partition coefficient (Wildman–Crippen LogP) is -0.227. The second-order valence-electron chi connectivity index (χ2n) is 6.08. The summed E-state index contributed by atoms with van der Waals surface area (Å²) in [5.41, 5.74) is 1.78. The van der Waals surface area contributed by atoms with Gasteiger partial charge in [0.05, 0.1) is 46.4 Å². The molecule has 0 aliphatic carbocycles. The maximum absolute atomic E-state index is 12.4. The molecule has 1 aromatic carbocycles. The molecule has 2 heterocycles. The van der Waals surface area contributed by atoms with Crippen LogP contribution < -0.4 is 5.32 Å². The van der Waals surface area contributed by atoms with Gasteiger partial charge in [-0.1, -0.05) is 29.5 Å². The first-order valence-corrected chi connectivity index (χ1v) is 9.66. The Morgan fingerprint density at radius 3 is 2.56 bits per heavy atom. The molecule has 136 valence electrons. The molecule has 6 atom stereocenters. The van der Waals surface area contributed by atoms with E-state index in [4.69, 9.17) is 5.11 Å². The number of aryl methyl sites for hydroxylation is 1. The lowest BCUT2D eigenvalue weighted by molar-refractivity contribution is -0.120. The van der Waals surface area contributed by atoms with Gasteiger partial charge in [0, 0.05) is 0 Å². The summed E-state index contributed by atoms with van der Waals surface area (Å²) in [6.45, 7) is 1.42. The molecule has 2 fully saturated rings. The minimum absolute atomic E-state index is 0.333. The van der Waals surface area contributed by atoms with Crippen molar-refractivity contribution in [2.24, 2.45) is 4.99 Å². The van der Waals surface area contributed by atoms with Crippen LogP contribution in [0.4, 0.5) is 5.69 Å². The summed E-state index contributed by atoms with van der Waals surface area (Å²) in [7, 11) is 0. The molecule has 7 nitrogen and oxygen atoms in total. The smallest absolute Gasteiger partial charge is 0.240 e. The molecule has 9 heteroatoms. The number of carbonyl (C=O) groups is 1. The Labute approximate surface area is 153 Å². The third-order valence-corrected chi connectivity index (χ3v) is 7.31. The molecule has 2 aliphatic heterocycles. The number of carbonyl (C=O) groups excluding carboxylic acids is 1. The highest BCUT2D eigenvalue weighted by Crippen LogP contribution is 2.42. The molecular weight excluding hydrogens is 364 g/mol. The van der Waals surface area contributed by atoms with Gasteiger partial charge in [0.2, 0.25) is 5.91 Å². The van der Waals surface area contributed by atoms with E-state index < -0.39 is 40.7 Å². The van der Waals surface area contributed by atoms with E-state index in [2.05, 4.69) is 10.3 Å². The van der Waals surface area contributed by atoms with E-state index in [-0.39, 0.29) is 5.91 Å². The highest BCUT2D eigenvalue weighted by Gasteiger charge is 2.51. The molecule has 3 rings (SSSR count). The van der Waals surface area contributed by atoms with E-state index in [9.17, 15) is 20.1 Å². The fraction of sp³-hybridized carbons (Fsp3) is 0.500. The highest BCUT2D eigenvalue weighted by atomic mass is 32.2. The number of nitrogens with one attached hydrogen (secondary N) is 1. The van der Waals surface area contributed by atoms with Crippen molar-refractivity contribution in [1.82, 2.24) is 5.32 Å². The molecule has 0 spiro atoms. The zero-order chi connectivity index (χ0) is 18.1. The van der Waals surface area contributed by atoms with E-state index in [0.29, 0.717) is 10.9 Å². The van der Waals surface area contributed by atoms with Gasteiger partial charge < -0.3 is 25.7 Å². The van der Waals surface area contributed by atoms with Crippen molar-refractivity contribution in [3.63, 3.8) is 0 Å². The van der Waals surface area contributed by atoms with E-state index in [1.807, 2.05) is 31.2 Å². The quantitative estimate of drug-likeness (QED) is 0.488. The van der Waals surface area contributed by atoms with Crippen LogP contribution in [-0.2, 0) is 4.79 Å². The Morgan fingerprint density at radius 2 is 1.92 bits per heavy atom. The van der Waals surface area contributed by atoms with Crippen molar-refractivity contribution in [2.75, 3.05) is 6.61 Å². The van der Waals surface area contributed by atoms with Gasteiger partial charge >= 0.3 is 0 Å². The second-order valence-corrected chi connectivity index (χ2v) is 8.57. The molecule has 0 bridgehead atoms. The average Bonchev–Trinajstić information content (AvgIpc) is 2.60. The number of aliphatic imine (C=N–C) groups is 1. The van der Waals surface area contributed by atoms with Gasteiger partial charge in [0.15, 0.2) is 5.17 Å². The summed E-state index contributed by atoms with van der Waals surface area (Å²) in [6, 6.07) is 7.48. The van der Waals surface area contributed by atoms with Crippen LogP contribution in [0, 0.1) is 6.92 Å². The number of amidine groups is 1. The normalized spacial score (nSPS) is 35.2. The number of benzene rings is 1. The molecule has 0 aromatic heterocycles. The van der Waals surface area contributed by atoms with Crippen molar-refractivity contribution in [3.8, 4) is 0 Å². The fourth-order valence-corrected chi connectivity index (χ4v) is 5.69. The van der Waals surface area contributed by atoms with Gasteiger partial charge in [-0.15, -0.1) is 11.8 Å². The minimum atomic E-state index is -1.24. The molecule has 25 heavy (non-hydrogen) atoms. The van der Waals surface area contributed by atoms with Crippen molar-refractivity contribution in [1.29, 1.82) is 0 Å². The van der Waals surface area contributed by atoms with Gasteiger partial charge in [0.1, 0.15) is 0 Å². The third kappa shape index (κ3) is 3.86. The van der Waals surface area contributed by atoms with Crippen LogP contribution in [0.3, 0.4) is 0 Å². The molecule has 1 aromatic rings. The lowest BCUT2D eigenvalue weighted by Crippen LogP contribution is -2.62. The molecular formula is C16H20N2O5S2. The highest BCUT2D eigenvalue weighted by molar-refractivity contribution is 8.15. The number of thioether (sulfide) groups is 2. The van der Waals surface area contributed by atoms with Crippen LogP contribution >= 0.6 is 23.5 Å². The molecule has 0 saturated carbocycles. The van der Waals surface area contributed by atoms with Gasteiger partial charge in [-0.2, -0.15) is 0 Å². The van der Waals surface area contributed by atoms with Crippen LogP contribution in [0.25, 0.3) is 0 Å². The van der Waals surface area contributed by atoms with E-state index >= 15 is 0 Å². The first kappa shape index (κ1) is 18.7. The van der Waals surface area contributed by atoms with Crippen LogP contribution in [0.2, 0.25) is 0 Å². The average molecular weight is 384 g/mol. The largest absolute Gasteiger partial charge is 0.394 e. The SMILES string of the molecule is Cc1ccc(N=C2NC(=O)[C@@H]3S[C@H]([C@@H](O)CO)[C@@H](O)[C@H](O)[C@@H]3S2)cc1. The van der Waals surface area contributed by atoms with E-state index in [0.717, 1.165) is 17.3 Å². The summed E-state index contributed by atoms with van der Waals surface area (Å²) in [6.07, 6.45) is -3.67. The number of rotatable bonds is 3. The molecule has 1 amide bonds. The number of amides is 1. The number of hydrogen-bond donors (Lipinski definition) is 5. The fourth-order valence-electron chi connectivity index (χ4n) is 2.79. The van der Waals surface area contributed by atoms with Crippen LogP contribution in [0.1, 0.15) is 5.56 Å². The van der Waals surface area contributed by atoms with Crippen molar-refractivity contribution in [2.45, 2.75) is 41.0 Å². The van der Waals surface area contributed by atoms with Gasteiger partial charge in [-0.05, 0) is 19.1 Å². The number of fused-ring (bicyclic) bond motifs is 1. The Balaban J connectivity index is 1.80. The van der Waals surface area contributed by atoms with Crippen molar-refractivity contribution in [3.05, 3.63) is 29.8 Å². The molecule has 0 unspecified atom stereocenters. The molecule has 2 saturated heterocycles. The van der Waals surface area contributed by atoms with Gasteiger partial charge in [-0.3, -0.25) is 4.79 Å². The molecule has 0 radical (unpaired) electrons. The Morgan fingerprint density at radius 1 is 1.24 bits per heavy atom.